The number of amides is 1. The Hall–Kier alpha value is -0.880. The molecule has 0 spiro atoms. The topological polar surface area (TPSA) is 57.6 Å². The Kier molecular flexibility index (Phi) is 4.70. The average Bonchev–Trinajstić information content (AvgIpc) is 2.58. The van der Waals surface area contributed by atoms with Crippen LogP contribution in [0.15, 0.2) is 9.85 Å². The van der Waals surface area contributed by atoms with Crippen molar-refractivity contribution in [3.05, 3.63) is 20.3 Å². The second-order valence-electron chi connectivity index (χ2n) is 3.99. The minimum Gasteiger partial charge on any atom is -0.481 e. The molecule has 0 aromatic carbocycles. The van der Waals surface area contributed by atoms with Crippen LogP contribution in [0.1, 0.15) is 22.2 Å². The summed E-state index contributed by atoms with van der Waals surface area (Å²) in [5, 5.41) is 10.7. The third-order valence-corrected chi connectivity index (χ3v) is 4.78. The molecule has 17 heavy (non-hydrogen) atoms. The Morgan fingerprint density at radius 3 is 2.59 bits per heavy atom. The van der Waals surface area contributed by atoms with E-state index in [9.17, 15) is 9.59 Å². The Morgan fingerprint density at radius 2 is 2.18 bits per heavy atom. The number of carboxylic acids is 1. The summed E-state index contributed by atoms with van der Waals surface area (Å²) in [4.78, 5) is 24.8. The summed E-state index contributed by atoms with van der Waals surface area (Å²) in [5.41, 5.74) is 1.01. The van der Waals surface area contributed by atoms with E-state index in [2.05, 4.69) is 15.9 Å². The van der Waals surface area contributed by atoms with Gasteiger partial charge in [0.25, 0.3) is 5.91 Å². The lowest BCUT2D eigenvalue weighted by molar-refractivity contribution is -0.141. The van der Waals surface area contributed by atoms with Crippen LogP contribution in [-0.2, 0) is 4.79 Å². The highest BCUT2D eigenvalue weighted by atomic mass is 79.9. The van der Waals surface area contributed by atoms with Crippen molar-refractivity contribution < 1.29 is 14.7 Å². The van der Waals surface area contributed by atoms with Crippen molar-refractivity contribution in [2.45, 2.75) is 13.8 Å². The van der Waals surface area contributed by atoms with Crippen molar-refractivity contribution in [2.75, 3.05) is 13.6 Å². The van der Waals surface area contributed by atoms with Crippen LogP contribution in [0.4, 0.5) is 0 Å². The van der Waals surface area contributed by atoms with Crippen LogP contribution >= 0.6 is 27.3 Å². The smallest absolute Gasteiger partial charge is 0.308 e. The van der Waals surface area contributed by atoms with Crippen LogP contribution < -0.4 is 0 Å². The molecule has 94 valence electrons. The Balaban J connectivity index is 2.77. The molecule has 0 saturated heterocycles. The summed E-state index contributed by atoms with van der Waals surface area (Å²) >= 11 is 4.72. The van der Waals surface area contributed by atoms with Gasteiger partial charge in [-0.3, -0.25) is 9.59 Å². The molecular weight excluding hydrogens is 306 g/mol. The van der Waals surface area contributed by atoms with Crippen LogP contribution in [0.25, 0.3) is 0 Å². The van der Waals surface area contributed by atoms with Crippen molar-refractivity contribution >= 4 is 39.1 Å². The molecule has 0 aliphatic rings. The second-order valence-corrected chi connectivity index (χ2v) is 5.66. The molecule has 1 atom stereocenters. The molecule has 1 aromatic heterocycles. The van der Waals surface area contributed by atoms with Gasteiger partial charge >= 0.3 is 5.97 Å². The number of halogens is 1. The van der Waals surface area contributed by atoms with Crippen molar-refractivity contribution in [2.24, 2.45) is 5.92 Å². The minimum atomic E-state index is -0.897. The molecule has 1 rings (SSSR count). The highest BCUT2D eigenvalue weighted by Gasteiger charge is 2.21. The molecule has 0 aliphatic carbocycles. The minimum absolute atomic E-state index is 0.150. The molecule has 0 bridgehead atoms. The van der Waals surface area contributed by atoms with Gasteiger partial charge in [-0.25, -0.2) is 0 Å². The number of nitrogens with zero attached hydrogens (tertiary/aromatic N) is 1. The molecule has 1 N–H and O–H groups in total. The van der Waals surface area contributed by atoms with Gasteiger partial charge in [0.15, 0.2) is 0 Å². The largest absolute Gasteiger partial charge is 0.481 e. The molecule has 0 aliphatic heterocycles. The molecule has 0 fully saturated rings. The zero-order chi connectivity index (χ0) is 13.2. The van der Waals surface area contributed by atoms with Gasteiger partial charge in [-0.05, 0) is 33.8 Å². The fourth-order valence-electron chi connectivity index (χ4n) is 1.32. The van der Waals surface area contributed by atoms with E-state index in [1.54, 1.807) is 14.0 Å². The molecule has 1 unspecified atom stereocenters. The van der Waals surface area contributed by atoms with Gasteiger partial charge in [-0.2, -0.15) is 0 Å². The number of carboxylic acid groups (broad SMARTS) is 1. The summed E-state index contributed by atoms with van der Waals surface area (Å²) < 4.78 is 0.794. The molecule has 1 amide bonds. The first-order valence-corrected chi connectivity index (χ1v) is 6.73. The van der Waals surface area contributed by atoms with E-state index in [4.69, 9.17) is 5.11 Å². The number of carbonyl (C=O) groups is 2. The summed E-state index contributed by atoms with van der Waals surface area (Å²) in [6, 6.07) is 0. The van der Waals surface area contributed by atoms with Gasteiger partial charge in [-0.15, -0.1) is 11.3 Å². The maximum absolute atomic E-state index is 12.1. The second kappa shape index (κ2) is 5.64. The van der Waals surface area contributed by atoms with Gasteiger partial charge in [0.2, 0.25) is 0 Å². The van der Waals surface area contributed by atoms with Crippen LogP contribution in [-0.4, -0.2) is 35.5 Å². The predicted octanol–water partition coefficient (Wildman–Crippen LogP) is 2.61. The van der Waals surface area contributed by atoms with Gasteiger partial charge in [0.1, 0.15) is 4.88 Å². The van der Waals surface area contributed by atoms with Gasteiger partial charge in [-0.1, -0.05) is 6.92 Å². The summed E-state index contributed by atoms with van der Waals surface area (Å²) in [7, 11) is 1.61. The van der Waals surface area contributed by atoms with E-state index < -0.39 is 11.9 Å². The first-order valence-electron chi connectivity index (χ1n) is 5.06. The summed E-state index contributed by atoms with van der Waals surface area (Å²) in [6.07, 6.45) is 0. The Bertz CT molecular complexity index is 444. The number of thiophene rings is 1. The zero-order valence-corrected chi connectivity index (χ0v) is 12.3. The van der Waals surface area contributed by atoms with Crippen molar-refractivity contribution in [3.63, 3.8) is 0 Å². The lowest BCUT2D eigenvalue weighted by Crippen LogP contribution is -2.33. The van der Waals surface area contributed by atoms with Gasteiger partial charge < -0.3 is 10.0 Å². The first kappa shape index (κ1) is 14.2. The highest BCUT2D eigenvalue weighted by Crippen LogP contribution is 2.28. The molecule has 0 radical (unpaired) electrons. The van der Waals surface area contributed by atoms with E-state index in [-0.39, 0.29) is 12.5 Å². The monoisotopic (exact) mass is 319 g/mol. The maximum Gasteiger partial charge on any atom is 0.308 e. The normalized spacial score (nSPS) is 12.2. The van der Waals surface area contributed by atoms with Crippen LogP contribution in [0.2, 0.25) is 0 Å². The number of carbonyl (C=O) groups excluding carboxylic acids is 1. The molecule has 1 heterocycles. The molecule has 1 aromatic rings. The third kappa shape index (κ3) is 3.29. The first-order chi connectivity index (χ1) is 7.84. The maximum atomic E-state index is 12.1. The van der Waals surface area contributed by atoms with E-state index in [1.807, 2.05) is 12.3 Å². The molecule has 4 nitrogen and oxygen atoms in total. The number of aryl methyl sites for hydroxylation is 1. The predicted molar refractivity (Wildman–Crippen MR) is 70.5 cm³/mol. The van der Waals surface area contributed by atoms with E-state index >= 15 is 0 Å². The fourth-order valence-corrected chi connectivity index (χ4v) is 2.97. The van der Waals surface area contributed by atoms with Crippen LogP contribution in [0.3, 0.4) is 0 Å². The van der Waals surface area contributed by atoms with E-state index in [1.165, 1.54) is 16.2 Å². The van der Waals surface area contributed by atoms with Crippen LogP contribution in [0.5, 0.6) is 0 Å². The lowest BCUT2D eigenvalue weighted by Gasteiger charge is -2.18. The average molecular weight is 320 g/mol. The third-order valence-electron chi connectivity index (χ3n) is 2.41. The standard InChI is InChI=1S/C11H14BrNO3S/c1-6(11(15)16)4-13(3)10(14)9-8(12)7(2)5-17-9/h5-6H,4H2,1-3H3,(H,15,16). The van der Waals surface area contributed by atoms with Crippen molar-refractivity contribution in [3.8, 4) is 0 Å². The van der Waals surface area contributed by atoms with Gasteiger partial charge in [0, 0.05) is 18.1 Å². The quantitative estimate of drug-likeness (QED) is 0.928. The fraction of sp³-hybridized carbons (Fsp3) is 0.455. The summed E-state index contributed by atoms with van der Waals surface area (Å²) in [5.74, 6) is -1.61. The Morgan fingerprint density at radius 1 is 1.59 bits per heavy atom. The van der Waals surface area contributed by atoms with Gasteiger partial charge in [0.05, 0.1) is 5.92 Å². The SMILES string of the molecule is Cc1csc(C(=O)N(C)CC(C)C(=O)O)c1Br. The van der Waals surface area contributed by atoms with Crippen molar-refractivity contribution in [1.29, 1.82) is 0 Å². The highest BCUT2D eigenvalue weighted by molar-refractivity contribution is 9.10. The Labute approximate surface area is 112 Å². The van der Waals surface area contributed by atoms with E-state index in [0.717, 1.165) is 10.0 Å². The van der Waals surface area contributed by atoms with E-state index in [0.29, 0.717) is 4.88 Å². The number of aliphatic carboxylic acids is 1. The number of hydrogen-bond donors (Lipinski definition) is 1. The molecular formula is C11H14BrNO3S. The molecule has 0 saturated carbocycles. The number of rotatable bonds is 4. The summed E-state index contributed by atoms with van der Waals surface area (Å²) in [6.45, 7) is 3.70. The van der Waals surface area contributed by atoms with Crippen LogP contribution in [0, 0.1) is 12.8 Å². The van der Waals surface area contributed by atoms with Crippen molar-refractivity contribution in [1.82, 2.24) is 4.90 Å². The molecule has 6 heteroatoms. The lowest BCUT2D eigenvalue weighted by atomic mass is 10.2. The zero-order valence-electron chi connectivity index (χ0n) is 9.86. The number of hydrogen-bond acceptors (Lipinski definition) is 3.